The number of aromatic nitrogens is 1. The van der Waals surface area contributed by atoms with Crippen LogP contribution in [0.25, 0.3) is 10.9 Å². The Morgan fingerprint density at radius 1 is 1.22 bits per heavy atom. The van der Waals surface area contributed by atoms with E-state index in [1.807, 2.05) is 0 Å². The minimum atomic E-state index is -2.89. The predicted octanol–water partition coefficient (Wildman–Crippen LogP) is 3.65. The molecule has 0 spiro atoms. The van der Waals surface area contributed by atoms with Gasteiger partial charge >= 0.3 is 6.61 Å². The van der Waals surface area contributed by atoms with Crippen molar-refractivity contribution in [1.82, 2.24) is 10.3 Å². The molecule has 1 amide bonds. The summed E-state index contributed by atoms with van der Waals surface area (Å²) in [5, 5.41) is 14.0. The fourth-order valence-corrected chi connectivity index (χ4v) is 3.98. The number of fused-ring (bicyclic) bond motifs is 1. The number of amides is 1. The summed E-state index contributed by atoms with van der Waals surface area (Å²) in [6, 6.07) is 6.27. The third-order valence-electron chi connectivity index (χ3n) is 5.73. The van der Waals surface area contributed by atoms with Gasteiger partial charge in [-0.25, -0.2) is 0 Å². The van der Waals surface area contributed by atoms with Gasteiger partial charge in [-0.15, -0.1) is 0 Å². The summed E-state index contributed by atoms with van der Waals surface area (Å²) < 4.78 is 29.0. The van der Waals surface area contributed by atoms with Crippen LogP contribution in [0.5, 0.6) is 5.75 Å². The van der Waals surface area contributed by atoms with Crippen molar-refractivity contribution in [3.05, 3.63) is 36.0 Å². The molecular weight excluding hydrogens is 354 g/mol. The first-order valence-corrected chi connectivity index (χ1v) is 9.31. The summed E-state index contributed by atoms with van der Waals surface area (Å²) in [6.45, 7) is -2.89. The molecule has 1 heterocycles. The number of nitrogens with one attached hydrogen (secondary N) is 1. The van der Waals surface area contributed by atoms with Gasteiger partial charge in [-0.05, 0) is 62.6 Å². The van der Waals surface area contributed by atoms with E-state index in [1.54, 1.807) is 12.1 Å². The van der Waals surface area contributed by atoms with E-state index < -0.39 is 12.2 Å². The van der Waals surface area contributed by atoms with Crippen molar-refractivity contribution in [2.45, 2.75) is 56.8 Å². The number of rotatable bonds is 5. The van der Waals surface area contributed by atoms with Crippen LogP contribution in [0.1, 0.15) is 48.9 Å². The van der Waals surface area contributed by atoms with E-state index >= 15 is 0 Å². The van der Waals surface area contributed by atoms with Crippen LogP contribution in [0.4, 0.5) is 8.78 Å². The molecule has 2 aromatic rings. The third-order valence-corrected chi connectivity index (χ3v) is 5.73. The maximum atomic E-state index is 12.5. The highest BCUT2D eigenvalue weighted by Gasteiger charge is 2.48. The highest BCUT2D eigenvalue weighted by Crippen LogP contribution is 2.48. The number of hydrogen-bond acceptors (Lipinski definition) is 4. The van der Waals surface area contributed by atoms with Crippen molar-refractivity contribution in [2.24, 2.45) is 5.92 Å². The number of carbonyl (C=O) groups excluding carboxylic acids is 1. The number of benzene rings is 1. The zero-order chi connectivity index (χ0) is 19.0. The van der Waals surface area contributed by atoms with Gasteiger partial charge in [0.1, 0.15) is 5.75 Å². The van der Waals surface area contributed by atoms with Crippen LogP contribution in [-0.4, -0.2) is 34.3 Å². The van der Waals surface area contributed by atoms with Crippen LogP contribution in [-0.2, 0) is 0 Å². The Balaban J connectivity index is 1.39. The first-order chi connectivity index (χ1) is 12.9. The fourth-order valence-electron chi connectivity index (χ4n) is 3.98. The Kier molecular flexibility index (Phi) is 4.72. The van der Waals surface area contributed by atoms with Crippen molar-refractivity contribution in [3.8, 4) is 5.75 Å². The van der Waals surface area contributed by atoms with Crippen LogP contribution >= 0.6 is 0 Å². The molecule has 2 aliphatic rings. The van der Waals surface area contributed by atoms with Crippen molar-refractivity contribution in [1.29, 1.82) is 0 Å². The van der Waals surface area contributed by atoms with Crippen LogP contribution in [0.3, 0.4) is 0 Å². The zero-order valence-electron chi connectivity index (χ0n) is 14.8. The first kappa shape index (κ1) is 18.1. The molecule has 0 radical (unpaired) electrons. The molecule has 1 aromatic carbocycles. The summed E-state index contributed by atoms with van der Waals surface area (Å²) >= 11 is 0. The van der Waals surface area contributed by atoms with E-state index in [0.29, 0.717) is 22.4 Å². The smallest absolute Gasteiger partial charge is 0.387 e. The molecule has 0 atom stereocenters. The van der Waals surface area contributed by atoms with E-state index in [9.17, 15) is 18.7 Å². The van der Waals surface area contributed by atoms with Crippen LogP contribution in [0.15, 0.2) is 30.5 Å². The lowest BCUT2D eigenvalue weighted by atomic mass is 9.81. The van der Waals surface area contributed by atoms with Crippen LogP contribution < -0.4 is 10.1 Å². The van der Waals surface area contributed by atoms with Gasteiger partial charge in [0.15, 0.2) is 0 Å². The summed E-state index contributed by atoms with van der Waals surface area (Å²) in [6.07, 6.45) is 6.86. The Labute approximate surface area is 155 Å². The maximum absolute atomic E-state index is 12.5. The Morgan fingerprint density at radius 3 is 2.63 bits per heavy atom. The molecule has 7 heteroatoms. The number of pyridine rings is 1. The molecule has 5 nitrogen and oxygen atoms in total. The summed E-state index contributed by atoms with van der Waals surface area (Å²) in [5.41, 5.74) is 0.486. The molecule has 144 valence electrons. The summed E-state index contributed by atoms with van der Waals surface area (Å²) in [5.74, 6) is 0.208. The predicted molar refractivity (Wildman–Crippen MR) is 95.8 cm³/mol. The van der Waals surface area contributed by atoms with Gasteiger partial charge in [0.25, 0.3) is 5.91 Å². The lowest BCUT2D eigenvalue weighted by Gasteiger charge is -2.32. The van der Waals surface area contributed by atoms with Gasteiger partial charge in [0, 0.05) is 23.7 Å². The van der Waals surface area contributed by atoms with Gasteiger partial charge in [0.2, 0.25) is 0 Å². The SMILES string of the molecule is O=C(NC1CCC(C2(O)CC2)CC1)c1cnc2cc(OC(F)F)ccc2c1. The second kappa shape index (κ2) is 7.03. The monoisotopic (exact) mass is 376 g/mol. The van der Waals surface area contributed by atoms with E-state index in [0.717, 1.165) is 38.5 Å². The maximum Gasteiger partial charge on any atom is 0.387 e. The summed E-state index contributed by atoms with van der Waals surface area (Å²) in [4.78, 5) is 16.7. The fraction of sp³-hybridized carbons (Fsp3) is 0.500. The highest BCUT2D eigenvalue weighted by molar-refractivity contribution is 5.97. The molecule has 2 saturated carbocycles. The quantitative estimate of drug-likeness (QED) is 0.836. The van der Waals surface area contributed by atoms with Crippen molar-refractivity contribution < 1.29 is 23.4 Å². The van der Waals surface area contributed by atoms with Gasteiger partial charge in [-0.3, -0.25) is 9.78 Å². The number of carbonyl (C=O) groups is 1. The van der Waals surface area contributed by atoms with E-state index in [1.165, 1.54) is 18.3 Å². The van der Waals surface area contributed by atoms with Crippen LogP contribution in [0, 0.1) is 5.92 Å². The largest absolute Gasteiger partial charge is 0.435 e. The van der Waals surface area contributed by atoms with Crippen LogP contribution in [0.2, 0.25) is 0 Å². The second-order valence-electron chi connectivity index (χ2n) is 7.58. The number of halogens is 2. The third kappa shape index (κ3) is 4.03. The number of alkyl halides is 2. The first-order valence-electron chi connectivity index (χ1n) is 9.31. The summed E-state index contributed by atoms with van der Waals surface area (Å²) in [7, 11) is 0. The second-order valence-corrected chi connectivity index (χ2v) is 7.58. The standard InChI is InChI=1S/C20H22F2N2O3/c21-19(22)27-16-6-1-12-9-13(11-23-17(12)10-16)18(25)24-15-4-2-14(3-5-15)20(26)7-8-20/h1,6,9-11,14-15,19,26H,2-5,7-8H2,(H,24,25). The number of hydrogen-bond donors (Lipinski definition) is 2. The lowest BCUT2D eigenvalue weighted by Crippen LogP contribution is -2.39. The van der Waals surface area contributed by atoms with Gasteiger partial charge in [0.05, 0.1) is 16.7 Å². The Hall–Kier alpha value is -2.28. The molecule has 0 saturated heterocycles. The normalized spacial score (nSPS) is 24.0. The highest BCUT2D eigenvalue weighted by atomic mass is 19.3. The Morgan fingerprint density at radius 2 is 1.96 bits per heavy atom. The van der Waals surface area contributed by atoms with Crippen molar-refractivity contribution in [3.63, 3.8) is 0 Å². The number of aliphatic hydroxyl groups is 1. The minimum Gasteiger partial charge on any atom is -0.435 e. The van der Waals surface area contributed by atoms with Gasteiger partial charge in [-0.1, -0.05) is 0 Å². The van der Waals surface area contributed by atoms with E-state index in [2.05, 4.69) is 15.0 Å². The van der Waals surface area contributed by atoms with Crippen molar-refractivity contribution >= 4 is 16.8 Å². The topological polar surface area (TPSA) is 71.5 Å². The van der Waals surface area contributed by atoms with E-state index in [-0.39, 0.29) is 17.7 Å². The molecule has 2 fully saturated rings. The van der Waals surface area contributed by atoms with Crippen molar-refractivity contribution in [2.75, 3.05) is 0 Å². The molecule has 0 bridgehead atoms. The van der Waals surface area contributed by atoms with Gasteiger partial charge < -0.3 is 15.2 Å². The average Bonchev–Trinajstić information content (AvgIpc) is 3.40. The zero-order valence-corrected chi connectivity index (χ0v) is 14.8. The molecule has 2 aliphatic carbocycles. The lowest BCUT2D eigenvalue weighted by molar-refractivity contribution is -0.0497. The molecule has 4 rings (SSSR count). The molecule has 0 unspecified atom stereocenters. The average molecular weight is 376 g/mol. The molecule has 27 heavy (non-hydrogen) atoms. The molecule has 2 N–H and O–H groups in total. The molecule has 0 aliphatic heterocycles. The Bertz CT molecular complexity index is 846. The van der Waals surface area contributed by atoms with Gasteiger partial charge in [-0.2, -0.15) is 8.78 Å². The molecule has 1 aromatic heterocycles. The number of ether oxygens (including phenoxy) is 1. The minimum absolute atomic E-state index is 0.0382. The number of nitrogens with zero attached hydrogens (tertiary/aromatic N) is 1. The van der Waals surface area contributed by atoms with E-state index in [4.69, 9.17) is 0 Å². The molecular formula is C20H22F2N2O3.